The predicted molar refractivity (Wildman–Crippen MR) is 84.5 cm³/mol. The molecule has 0 aromatic carbocycles. The zero-order chi connectivity index (χ0) is 16.4. The average Bonchev–Trinajstić information content (AvgIpc) is 2.93. The summed E-state index contributed by atoms with van der Waals surface area (Å²) in [5.41, 5.74) is 0.581. The van der Waals surface area contributed by atoms with Crippen LogP contribution in [-0.2, 0) is 0 Å². The number of hydrogen-bond donors (Lipinski definition) is 0. The zero-order valence-electron chi connectivity index (χ0n) is 13.7. The number of hydrogen-bond acceptors (Lipinski definition) is 5. The molecule has 2 aromatic heterocycles. The lowest BCUT2D eigenvalue weighted by Gasteiger charge is -2.33. The van der Waals surface area contributed by atoms with E-state index in [0.717, 1.165) is 31.0 Å². The lowest BCUT2D eigenvalue weighted by molar-refractivity contribution is 0.0670. The SMILES string of the molecule is COc1ccc(C(=O)N2CCC[C@H](n3nc(C)nc3C)C2)cn1. The quantitative estimate of drug-likeness (QED) is 0.863. The summed E-state index contributed by atoms with van der Waals surface area (Å²) in [5.74, 6) is 2.17. The van der Waals surface area contributed by atoms with Crippen LogP contribution in [0.25, 0.3) is 0 Å². The van der Waals surface area contributed by atoms with E-state index in [0.29, 0.717) is 18.0 Å². The molecule has 0 saturated carbocycles. The normalized spacial score (nSPS) is 18.0. The molecule has 122 valence electrons. The van der Waals surface area contributed by atoms with E-state index >= 15 is 0 Å². The van der Waals surface area contributed by atoms with E-state index in [2.05, 4.69) is 15.1 Å². The van der Waals surface area contributed by atoms with Crippen LogP contribution in [0.3, 0.4) is 0 Å². The van der Waals surface area contributed by atoms with Crippen LogP contribution in [0.15, 0.2) is 18.3 Å². The number of nitrogens with zero attached hydrogens (tertiary/aromatic N) is 5. The number of likely N-dealkylation sites (tertiary alicyclic amines) is 1. The molecule has 0 radical (unpaired) electrons. The highest BCUT2D eigenvalue weighted by atomic mass is 16.5. The molecule has 3 rings (SSSR count). The fraction of sp³-hybridized carbons (Fsp3) is 0.500. The Morgan fingerprint density at radius 2 is 2.17 bits per heavy atom. The van der Waals surface area contributed by atoms with Crippen molar-refractivity contribution < 1.29 is 9.53 Å². The second-order valence-corrected chi connectivity index (χ2v) is 5.79. The fourth-order valence-corrected chi connectivity index (χ4v) is 3.03. The number of aromatic nitrogens is 4. The highest BCUT2D eigenvalue weighted by Crippen LogP contribution is 2.23. The Morgan fingerprint density at radius 1 is 1.35 bits per heavy atom. The lowest BCUT2D eigenvalue weighted by Crippen LogP contribution is -2.41. The molecular weight excluding hydrogens is 294 g/mol. The Balaban J connectivity index is 1.74. The van der Waals surface area contributed by atoms with Gasteiger partial charge >= 0.3 is 0 Å². The van der Waals surface area contributed by atoms with Crippen molar-refractivity contribution in [3.63, 3.8) is 0 Å². The van der Waals surface area contributed by atoms with Crippen molar-refractivity contribution in [1.82, 2.24) is 24.6 Å². The number of carbonyl (C=O) groups is 1. The van der Waals surface area contributed by atoms with E-state index < -0.39 is 0 Å². The molecular formula is C16H21N5O2. The highest BCUT2D eigenvalue weighted by molar-refractivity contribution is 5.94. The Morgan fingerprint density at radius 3 is 2.78 bits per heavy atom. The van der Waals surface area contributed by atoms with Crippen molar-refractivity contribution >= 4 is 5.91 Å². The largest absolute Gasteiger partial charge is 0.481 e. The molecule has 0 unspecified atom stereocenters. The van der Waals surface area contributed by atoms with Gasteiger partial charge in [-0.2, -0.15) is 5.10 Å². The van der Waals surface area contributed by atoms with Crippen molar-refractivity contribution in [2.24, 2.45) is 0 Å². The van der Waals surface area contributed by atoms with Crippen molar-refractivity contribution in [3.05, 3.63) is 35.5 Å². The highest BCUT2D eigenvalue weighted by Gasteiger charge is 2.27. The third-order valence-corrected chi connectivity index (χ3v) is 4.13. The number of rotatable bonds is 3. The number of aryl methyl sites for hydroxylation is 2. The summed E-state index contributed by atoms with van der Waals surface area (Å²) in [5, 5.41) is 4.46. The first-order valence-electron chi connectivity index (χ1n) is 7.77. The maximum absolute atomic E-state index is 12.7. The van der Waals surface area contributed by atoms with E-state index in [1.165, 1.54) is 0 Å². The number of carbonyl (C=O) groups excluding carboxylic acids is 1. The first-order valence-corrected chi connectivity index (χ1v) is 7.77. The summed E-state index contributed by atoms with van der Waals surface area (Å²) in [6.07, 6.45) is 3.53. The van der Waals surface area contributed by atoms with Crippen LogP contribution in [-0.4, -0.2) is 50.8 Å². The standard InChI is InChI=1S/C16H21N5O2/c1-11-18-12(2)21(19-11)14-5-4-8-20(10-14)16(22)13-6-7-15(23-3)17-9-13/h6-7,9,14H,4-5,8,10H2,1-3H3/t14-/m0/s1. The molecule has 0 bridgehead atoms. The van der Waals surface area contributed by atoms with Crippen LogP contribution in [0.4, 0.5) is 0 Å². The van der Waals surface area contributed by atoms with Crippen molar-refractivity contribution in [1.29, 1.82) is 0 Å². The third kappa shape index (κ3) is 3.18. The number of ether oxygens (including phenoxy) is 1. The van der Waals surface area contributed by atoms with Gasteiger partial charge in [0.05, 0.1) is 18.7 Å². The second kappa shape index (κ2) is 6.36. The number of methoxy groups -OCH3 is 1. The van der Waals surface area contributed by atoms with Gasteiger partial charge in [-0.25, -0.2) is 14.6 Å². The maximum Gasteiger partial charge on any atom is 0.255 e. The minimum atomic E-state index is -0.000608. The molecule has 1 amide bonds. The van der Waals surface area contributed by atoms with Crippen molar-refractivity contribution in [2.45, 2.75) is 32.7 Å². The van der Waals surface area contributed by atoms with E-state index in [9.17, 15) is 4.79 Å². The molecule has 7 nitrogen and oxygen atoms in total. The van der Waals surface area contributed by atoms with Crippen molar-refractivity contribution in [2.75, 3.05) is 20.2 Å². The Hall–Kier alpha value is -2.44. The number of amides is 1. The van der Waals surface area contributed by atoms with Crippen LogP contribution >= 0.6 is 0 Å². The molecule has 23 heavy (non-hydrogen) atoms. The van der Waals surface area contributed by atoms with Gasteiger partial charge in [0, 0.05) is 25.4 Å². The molecule has 0 spiro atoms. The van der Waals surface area contributed by atoms with Gasteiger partial charge in [0.25, 0.3) is 5.91 Å². The minimum absolute atomic E-state index is 0.000608. The minimum Gasteiger partial charge on any atom is -0.481 e. The molecule has 2 aromatic rings. The summed E-state index contributed by atoms with van der Waals surface area (Å²) in [4.78, 5) is 23.0. The summed E-state index contributed by atoms with van der Waals surface area (Å²) in [6.45, 7) is 5.25. The zero-order valence-corrected chi connectivity index (χ0v) is 13.7. The van der Waals surface area contributed by atoms with E-state index in [4.69, 9.17) is 4.74 Å². The van der Waals surface area contributed by atoms with Gasteiger partial charge in [0.1, 0.15) is 11.6 Å². The monoisotopic (exact) mass is 315 g/mol. The van der Waals surface area contributed by atoms with Crippen LogP contribution in [0.2, 0.25) is 0 Å². The van der Waals surface area contributed by atoms with Gasteiger partial charge in [-0.3, -0.25) is 4.79 Å². The Labute approximate surface area is 135 Å². The molecule has 1 fully saturated rings. The lowest BCUT2D eigenvalue weighted by atomic mass is 10.0. The summed E-state index contributed by atoms with van der Waals surface area (Å²) in [7, 11) is 1.56. The van der Waals surface area contributed by atoms with Gasteiger partial charge in [0.15, 0.2) is 0 Å². The van der Waals surface area contributed by atoms with Gasteiger partial charge < -0.3 is 9.64 Å². The average molecular weight is 315 g/mol. The topological polar surface area (TPSA) is 73.1 Å². The Bertz CT molecular complexity index is 695. The van der Waals surface area contributed by atoms with E-state index in [1.807, 2.05) is 23.4 Å². The molecule has 3 heterocycles. The third-order valence-electron chi connectivity index (χ3n) is 4.13. The van der Waals surface area contributed by atoms with Gasteiger partial charge in [0.2, 0.25) is 5.88 Å². The predicted octanol–water partition coefficient (Wildman–Crippen LogP) is 1.78. The van der Waals surface area contributed by atoms with Crippen LogP contribution in [0.1, 0.15) is 40.9 Å². The van der Waals surface area contributed by atoms with Crippen molar-refractivity contribution in [3.8, 4) is 5.88 Å². The number of pyridine rings is 1. The van der Waals surface area contributed by atoms with Crippen LogP contribution < -0.4 is 4.74 Å². The van der Waals surface area contributed by atoms with Gasteiger partial charge in [-0.1, -0.05) is 0 Å². The van der Waals surface area contributed by atoms with E-state index in [-0.39, 0.29) is 11.9 Å². The molecule has 1 atom stereocenters. The van der Waals surface area contributed by atoms with Gasteiger partial charge in [-0.15, -0.1) is 0 Å². The molecule has 1 aliphatic heterocycles. The molecule has 1 aliphatic rings. The van der Waals surface area contributed by atoms with Crippen LogP contribution in [0.5, 0.6) is 5.88 Å². The van der Waals surface area contributed by atoms with E-state index in [1.54, 1.807) is 25.4 Å². The molecule has 0 N–H and O–H groups in total. The summed E-state index contributed by atoms with van der Waals surface area (Å²) < 4.78 is 6.98. The van der Waals surface area contributed by atoms with Gasteiger partial charge in [-0.05, 0) is 32.8 Å². The number of piperidine rings is 1. The van der Waals surface area contributed by atoms with Crippen LogP contribution in [0, 0.1) is 13.8 Å². The molecule has 1 saturated heterocycles. The smallest absolute Gasteiger partial charge is 0.255 e. The molecule has 7 heteroatoms. The first-order chi connectivity index (χ1) is 11.1. The fourth-order valence-electron chi connectivity index (χ4n) is 3.03. The first kappa shape index (κ1) is 15.5. The second-order valence-electron chi connectivity index (χ2n) is 5.79. The summed E-state index contributed by atoms with van der Waals surface area (Å²) >= 11 is 0. The Kier molecular flexibility index (Phi) is 4.27. The summed E-state index contributed by atoms with van der Waals surface area (Å²) in [6, 6.07) is 3.64. The molecule has 0 aliphatic carbocycles. The maximum atomic E-state index is 12.7.